The second-order valence-electron chi connectivity index (χ2n) is 5.86. The number of nitrogens with one attached hydrogen (secondary N) is 1. The summed E-state index contributed by atoms with van der Waals surface area (Å²) in [4.78, 5) is 12.3. The Balaban J connectivity index is 1.69. The number of hydrogen-bond acceptors (Lipinski definition) is 4. The molecule has 1 N–H and O–H groups in total. The third-order valence-electron chi connectivity index (χ3n) is 4.14. The van der Waals surface area contributed by atoms with Crippen LogP contribution in [-0.2, 0) is 0 Å². The van der Waals surface area contributed by atoms with Gasteiger partial charge in [-0.05, 0) is 50.1 Å². The number of carbonyl (C=O) groups excluding carboxylic acids is 1. The van der Waals surface area contributed by atoms with Crippen LogP contribution in [0.5, 0.6) is 0 Å². The lowest BCUT2D eigenvalue weighted by Crippen LogP contribution is -2.26. The second kappa shape index (κ2) is 7.34. The van der Waals surface area contributed by atoms with Gasteiger partial charge in [0.2, 0.25) is 0 Å². The van der Waals surface area contributed by atoms with Crippen molar-refractivity contribution >= 4 is 5.91 Å². The number of furan rings is 1. The second-order valence-corrected chi connectivity index (χ2v) is 5.86. The molecule has 0 spiro atoms. The van der Waals surface area contributed by atoms with Crippen LogP contribution in [0.2, 0.25) is 0 Å². The first kappa shape index (κ1) is 17.0. The Bertz CT molecular complexity index is 819. The maximum absolute atomic E-state index is 13.2. The van der Waals surface area contributed by atoms with Crippen molar-refractivity contribution in [1.29, 1.82) is 0 Å². The number of rotatable bonds is 6. The first-order valence-corrected chi connectivity index (χ1v) is 8.06. The number of aromatic nitrogens is 1. The van der Waals surface area contributed by atoms with E-state index in [1.165, 1.54) is 12.1 Å². The molecule has 0 aliphatic rings. The van der Waals surface area contributed by atoms with Gasteiger partial charge in [-0.15, -0.1) is 0 Å². The van der Waals surface area contributed by atoms with Crippen LogP contribution >= 0.6 is 0 Å². The molecule has 3 aromatic rings. The van der Waals surface area contributed by atoms with Crippen LogP contribution in [0.15, 0.2) is 51.6 Å². The predicted octanol–water partition coefficient (Wildman–Crippen LogP) is 3.98. The Hall–Kier alpha value is -2.89. The first-order chi connectivity index (χ1) is 12.1. The summed E-state index contributed by atoms with van der Waals surface area (Å²) in [6, 6.07) is 10.0. The van der Waals surface area contributed by atoms with E-state index in [-0.39, 0.29) is 17.6 Å². The van der Waals surface area contributed by atoms with Gasteiger partial charge < -0.3 is 14.3 Å². The number of benzene rings is 1. The van der Waals surface area contributed by atoms with Gasteiger partial charge in [-0.3, -0.25) is 4.79 Å². The molecule has 130 valence electrons. The Morgan fingerprint density at radius 2 is 2.00 bits per heavy atom. The minimum absolute atomic E-state index is 0.0689. The summed E-state index contributed by atoms with van der Waals surface area (Å²) in [7, 11) is 0. The maximum atomic E-state index is 13.2. The monoisotopic (exact) mass is 342 g/mol. The van der Waals surface area contributed by atoms with Crippen molar-refractivity contribution in [1.82, 2.24) is 10.5 Å². The lowest BCUT2D eigenvalue weighted by Gasteiger charge is -2.15. The summed E-state index contributed by atoms with van der Waals surface area (Å²) in [5, 5.41) is 6.68. The van der Waals surface area contributed by atoms with Crippen molar-refractivity contribution in [3.05, 3.63) is 76.8 Å². The number of carbonyl (C=O) groups is 1. The molecule has 25 heavy (non-hydrogen) atoms. The first-order valence-electron chi connectivity index (χ1n) is 8.06. The summed E-state index contributed by atoms with van der Waals surface area (Å²) < 4.78 is 23.7. The van der Waals surface area contributed by atoms with Crippen molar-refractivity contribution in [2.45, 2.75) is 26.2 Å². The molecule has 6 heteroatoms. The molecular weight excluding hydrogens is 323 g/mol. The average Bonchev–Trinajstić information content (AvgIpc) is 3.23. The van der Waals surface area contributed by atoms with Crippen molar-refractivity contribution in [2.75, 3.05) is 6.54 Å². The molecule has 1 aromatic carbocycles. The molecule has 0 unspecified atom stereocenters. The zero-order valence-corrected chi connectivity index (χ0v) is 14.1. The lowest BCUT2D eigenvalue weighted by molar-refractivity contribution is 0.0950. The molecule has 2 aromatic heterocycles. The van der Waals surface area contributed by atoms with E-state index < -0.39 is 0 Å². The average molecular weight is 342 g/mol. The van der Waals surface area contributed by atoms with Gasteiger partial charge in [-0.2, -0.15) is 0 Å². The van der Waals surface area contributed by atoms with Gasteiger partial charge >= 0.3 is 0 Å². The van der Waals surface area contributed by atoms with Crippen molar-refractivity contribution in [3.8, 4) is 0 Å². The number of amides is 1. The van der Waals surface area contributed by atoms with Crippen molar-refractivity contribution < 1.29 is 18.1 Å². The quantitative estimate of drug-likeness (QED) is 0.736. The van der Waals surface area contributed by atoms with E-state index in [9.17, 15) is 9.18 Å². The summed E-state index contributed by atoms with van der Waals surface area (Å²) in [6.07, 6.45) is 2.22. The zero-order valence-electron chi connectivity index (χ0n) is 14.1. The summed E-state index contributed by atoms with van der Waals surface area (Å²) in [6.45, 7) is 3.88. The number of nitrogens with zero attached hydrogens (tertiary/aromatic N) is 1. The predicted molar refractivity (Wildman–Crippen MR) is 89.9 cm³/mol. The van der Waals surface area contributed by atoms with Gasteiger partial charge in [0.1, 0.15) is 22.9 Å². The maximum Gasteiger partial charge on any atom is 0.256 e. The van der Waals surface area contributed by atoms with Gasteiger partial charge in [0, 0.05) is 12.5 Å². The van der Waals surface area contributed by atoms with E-state index in [1.54, 1.807) is 32.2 Å². The van der Waals surface area contributed by atoms with Gasteiger partial charge in [0.15, 0.2) is 0 Å². The smallest absolute Gasteiger partial charge is 0.256 e. The van der Waals surface area contributed by atoms with Gasteiger partial charge in [-0.25, -0.2) is 4.39 Å². The molecular formula is C19H19FN2O3. The van der Waals surface area contributed by atoms with Crippen LogP contribution in [0.4, 0.5) is 4.39 Å². The molecule has 0 saturated heterocycles. The van der Waals surface area contributed by atoms with Crippen LogP contribution in [0, 0.1) is 19.7 Å². The molecule has 0 fully saturated rings. The fourth-order valence-corrected chi connectivity index (χ4v) is 2.88. The van der Waals surface area contributed by atoms with E-state index in [0.717, 1.165) is 11.3 Å². The number of halogens is 1. The molecule has 0 bridgehead atoms. The molecule has 0 saturated carbocycles. The molecule has 0 radical (unpaired) electrons. The Morgan fingerprint density at radius 3 is 2.60 bits per heavy atom. The third kappa shape index (κ3) is 3.79. The molecule has 1 atom stereocenters. The molecule has 0 aliphatic heterocycles. The van der Waals surface area contributed by atoms with E-state index >= 15 is 0 Å². The fourth-order valence-electron chi connectivity index (χ4n) is 2.88. The highest BCUT2D eigenvalue weighted by Crippen LogP contribution is 2.28. The number of hydrogen-bond donors (Lipinski definition) is 1. The Kier molecular flexibility index (Phi) is 4.97. The third-order valence-corrected chi connectivity index (χ3v) is 4.14. The van der Waals surface area contributed by atoms with Crippen molar-refractivity contribution in [2.24, 2.45) is 0 Å². The van der Waals surface area contributed by atoms with E-state index in [4.69, 9.17) is 8.94 Å². The highest BCUT2D eigenvalue weighted by atomic mass is 19.1. The lowest BCUT2D eigenvalue weighted by atomic mass is 9.93. The van der Waals surface area contributed by atoms with Crippen LogP contribution in [0.1, 0.15) is 45.5 Å². The van der Waals surface area contributed by atoms with Crippen LogP contribution in [0.3, 0.4) is 0 Å². The molecule has 0 aliphatic carbocycles. The fraction of sp³-hybridized carbons (Fsp3) is 0.263. The molecule has 5 nitrogen and oxygen atoms in total. The topological polar surface area (TPSA) is 68.3 Å². The zero-order chi connectivity index (χ0) is 17.8. The Morgan fingerprint density at radius 1 is 1.24 bits per heavy atom. The van der Waals surface area contributed by atoms with Crippen LogP contribution in [0.25, 0.3) is 0 Å². The largest absolute Gasteiger partial charge is 0.469 e. The molecule has 3 rings (SSSR count). The normalized spacial score (nSPS) is 12.1. The standard InChI is InChI=1S/C19H19FN2O3/c1-12-18(13(2)25-22-12)19(23)21-10-9-16(17-4-3-11-24-17)14-5-7-15(20)8-6-14/h3-8,11,16H,9-10H2,1-2H3,(H,21,23)/t16-/m0/s1. The summed E-state index contributed by atoms with van der Waals surface area (Å²) in [5.74, 6) is 0.706. The minimum Gasteiger partial charge on any atom is -0.469 e. The summed E-state index contributed by atoms with van der Waals surface area (Å²) >= 11 is 0. The van der Waals surface area contributed by atoms with Crippen molar-refractivity contribution in [3.63, 3.8) is 0 Å². The molecule has 1 amide bonds. The molecule has 2 heterocycles. The van der Waals surface area contributed by atoms with Gasteiger partial charge in [-0.1, -0.05) is 17.3 Å². The van der Waals surface area contributed by atoms with E-state index in [2.05, 4.69) is 10.5 Å². The van der Waals surface area contributed by atoms with Gasteiger partial charge in [0.05, 0.1) is 12.0 Å². The minimum atomic E-state index is -0.284. The number of aryl methyl sites for hydroxylation is 2. The van der Waals surface area contributed by atoms with Crippen LogP contribution < -0.4 is 5.32 Å². The highest BCUT2D eigenvalue weighted by molar-refractivity contribution is 5.96. The highest BCUT2D eigenvalue weighted by Gasteiger charge is 2.20. The van der Waals surface area contributed by atoms with E-state index in [0.29, 0.717) is 30.0 Å². The Labute approximate surface area is 144 Å². The van der Waals surface area contributed by atoms with E-state index in [1.807, 2.05) is 12.1 Å². The van der Waals surface area contributed by atoms with Gasteiger partial charge in [0.25, 0.3) is 5.91 Å². The summed E-state index contributed by atoms with van der Waals surface area (Å²) in [5.41, 5.74) is 1.97. The SMILES string of the molecule is Cc1noc(C)c1C(=O)NCC[C@@H](c1ccc(F)cc1)c1ccco1. The van der Waals surface area contributed by atoms with Crippen LogP contribution in [-0.4, -0.2) is 17.6 Å².